The van der Waals surface area contributed by atoms with Crippen molar-refractivity contribution >= 4 is 5.69 Å². The largest absolute Gasteiger partial charge is 0.381 e. The predicted octanol–water partition coefficient (Wildman–Crippen LogP) is 4.07. The second-order valence-corrected chi connectivity index (χ2v) is 4.62. The molecule has 1 aromatic carbocycles. The molecule has 0 atom stereocenters. The number of hydrogen-bond acceptors (Lipinski definition) is 1. The van der Waals surface area contributed by atoms with Gasteiger partial charge >= 0.3 is 0 Å². The molecule has 2 rings (SSSR count). The maximum atomic E-state index is 3.52. The number of aryl methyl sites for hydroxylation is 2. The van der Waals surface area contributed by atoms with Crippen molar-refractivity contribution in [2.75, 3.05) is 5.32 Å². The average Bonchev–Trinajstić information content (AvgIpc) is 2.85. The van der Waals surface area contributed by atoms with E-state index < -0.39 is 0 Å². The lowest BCUT2D eigenvalue weighted by molar-refractivity contribution is 0.681. The van der Waals surface area contributed by atoms with E-state index >= 15 is 0 Å². The summed E-state index contributed by atoms with van der Waals surface area (Å²) in [6.45, 7) is 6.40. The summed E-state index contributed by atoms with van der Waals surface area (Å²) in [5.74, 6) is 0. The van der Waals surface area contributed by atoms with Gasteiger partial charge in [0.05, 0.1) is 0 Å². The first-order valence-corrected chi connectivity index (χ1v) is 6.80. The van der Waals surface area contributed by atoms with Gasteiger partial charge in [-0.15, -0.1) is 0 Å². The summed E-state index contributed by atoms with van der Waals surface area (Å²) in [7, 11) is 0. The van der Waals surface area contributed by atoms with E-state index in [4.69, 9.17) is 0 Å². The van der Waals surface area contributed by atoms with Crippen molar-refractivity contribution in [3.05, 3.63) is 53.9 Å². The fraction of sp³-hybridized carbons (Fsp3) is 0.375. The van der Waals surface area contributed by atoms with E-state index in [0.717, 1.165) is 19.5 Å². The van der Waals surface area contributed by atoms with Crippen LogP contribution in [-0.4, -0.2) is 4.57 Å². The van der Waals surface area contributed by atoms with Gasteiger partial charge in [-0.2, -0.15) is 0 Å². The minimum Gasteiger partial charge on any atom is -0.381 e. The molecule has 0 aliphatic carbocycles. The van der Waals surface area contributed by atoms with Crippen LogP contribution in [0, 0.1) is 0 Å². The molecule has 2 nitrogen and oxygen atoms in total. The second kappa shape index (κ2) is 6.29. The molecular formula is C16H22N2. The van der Waals surface area contributed by atoms with Crippen LogP contribution in [0.25, 0.3) is 0 Å². The zero-order chi connectivity index (χ0) is 12.8. The summed E-state index contributed by atoms with van der Waals surface area (Å²) in [4.78, 5) is 0. The van der Waals surface area contributed by atoms with E-state index in [9.17, 15) is 0 Å². The van der Waals surface area contributed by atoms with Crippen molar-refractivity contribution < 1.29 is 0 Å². The van der Waals surface area contributed by atoms with Gasteiger partial charge in [-0.25, -0.2) is 0 Å². The number of hydrogen-bond donors (Lipinski definition) is 1. The molecule has 0 saturated carbocycles. The van der Waals surface area contributed by atoms with Crippen molar-refractivity contribution in [1.82, 2.24) is 4.57 Å². The van der Waals surface area contributed by atoms with Crippen LogP contribution >= 0.6 is 0 Å². The lowest BCUT2D eigenvalue weighted by Crippen LogP contribution is -2.01. The van der Waals surface area contributed by atoms with Gasteiger partial charge in [0.2, 0.25) is 0 Å². The minimum atomic E-state index is 0.897. The molecule has 0 aliphatic heterocycles. The first-order chi connectivity index (χ1) is 8.83. The van der Waals surface area contributed by atoms with Crippen LogP contribution in [-0.2, 0) is 19.5 Å². The first kappa shape index (κ1) is 12.7. The monoisotopic (exact) mass is 242 g/mol. The molecule has 0 fully saturated rings. The van der Waals surface area contributed by atoms with Gasteiger partial charge < -0.3 is 9.88 Å². The lowest BCUT2D eigenvalue weighted by Gasteiger charge is -2.09. The van der Waals surface area contributed by atoms with Gasteiger partial charge in [0.15, 0.2) is 0 Å². The molecule has 1 heterocycles. The van der Waals surface area contributed by atoms with Crippen LogP contribution in [0.5, 0.6) is 0 Å². The third-order valence-electron chi connectivity index (χ3n) is 3.17. The van der Waals surface area contributed by atoms with Crippen LogP contribution in [0.15, 0.2) is 42.7 Å². The Morgan fingerprint density at radius 3 is 2.72 bits per heavy atom. The van der Waals surface area contributed by atoms with E-state index in [1.165, 1.54) is 23.2 Å². The molecule has 0 aliphatic rings. The Bertz CT molecular complexity index is 485. The fourth-order valence-corrected chi connectivity index (χ4v) is 2.19. The highest BCUT2D eigenvalue weighted by atomic mass is 14.9. The summed E-state index contributed by atoms with van der Waals surface area (Å²) in [6.07, 6.45) is 6.64. The zero-order valence-corrected chi connectivity index (χ0v) is 11.3. The molecule has 18 heavy (non-hydrogen) atoms. The number of aromatic nitrogens is 1. The van der Waals surface area contributed by atoms with Gasteiger partial charge in [-0.05, 0) is 36.1 Å². The van der Waals surface area contributed by atoms with E-state index in [-0.39, 0.29) is 0 Å². The summed E-state index contributed by atoms with van der Waals surface area (Å²) in [5, 5.41) is 3.52. The van der Waals surface area contributed by atoms with Crippen LogP contribution < -0.4 is 5.32 Å². The minimum absolute atomic E-state index is 0.897. The molecule has 0 unspecified atom stereocenters. The summed E-state index contributed by atoms with van der Waals surface area (Å²) >= 11 is 0. The Morgan fingerprint density at radius 2 is 1.94 bits per heavy atom. The van der Waals surface area contributed by atoms with Gasteiger partial charge in [0, 0.05) is 31.2 Å². The summed E-state index contributed by atoms with van der Waals surface area (Å²) in [5.41, 5.74) is 3.98. The van der Waals surface area contributed by atoms with E-state index in [0.29, 0.717) is 0 Å². The van der Waals surface area contributed by atoms with Crippen LogP contribution in [0.2, 0.25) is 0 Å². The fourth-order valence-electron chi connectivity index (χ4n) is 2.19. The van der Waals surface area contributed by atoms with E-state index in [2.05, 4.69) is 66.5 Å². The highest BCUT2D eigenvalue weighted by Gasteiger charge is 2.00. The molecule has 2 heteroatoms. The third-order valence-corrected chi connectivity index (χ3v) is 3.17. The van der Waals surface area contributed by atoms with Gasteiger partial charge in [0.1, 0.15) is 0 Å². The van der Waals surface area contributed by atoms with Gasteiger partial charge in [-0.1, -0.05) is 32.0 Å². The van der Waals surface area contributed by atoms with Gasteiger partial charge in [-0.3, -0.25) is 0 Å². The summed E-state index contributed by atoms with van der Waals surface area (Å²) < 4.78 is 2.25. The number of nitrogens with one attached hydrogen (secondary N) is 1. The van der Waals surface area contributed by atoms with Crippen molar-refractivity contribution in [2.45, 2.75) is 39.8 Å². The number of rotatable bonds is 6. The van der Waals surface area contributed by atoms with Crippen LogP contribution in [0.1, 0.15) is 31.4 Å². The Labute approximate surface area is 110 Å². The van der Waals surface area contributed by atoms with Crippen molar-refractivity contribution in [1.29, 1.82) is 0 Å². The first-order valence-electron chi connectivity index (χ1n) is 6.80. The molecule has 0 radical (unpaired) electrons. The number of para-hydroxylation sites is 1. The Balaban J connectivity index is 1.97. The standard InChI is InChI=1S/C16H22N2/c1-3-10-18-11-9-14(13-18)12-17-16-8-6-5-7-15(16)4-2/h5-9,11,13,17H,3-4,10,12H2,1-2H3. The van der Waals surface area contributed by atoms with Gasteiger partial charge in [0.25, 0.3) is 0 Å². The molecular weight excluding hydrogens is 220 g/mol. The molecule has 2 aromatic rings. The highest BCUT2D eigenvalue weighted by Crippen LogP contribution is 2.16. The van der Waals surface area contributed by atoms with Crippen LogP contribution in [0.3, 0.4) is 0 Å². The smallest absolute Gasteiger partial charge is 0.0415 e. The average molecular weight is 242 g/mol. The molecule has 96 valence electrons. The number of nitrogens with zero attached hydrogens (tertiary/aromatic N) is 1. The lowest BCUT2D eigenvalue weighted by atomic mass is 10.1. The SMILES string of the molecule is CCCn1ccc(CNc2ccccc2CC)c1. The molecule has 0 spiro atoms. The highest BCUT2D eigenvalue weighted by molar-refractivity contribution is 5.51. The quantitative estimate of drug-likeness (QED) is 0.808. The Morgan fingerprint density at radius 1 is 1.11 bits per heavy atom. The molecule has 0 bridgehead atoms. The van der Waals surface area contributed by atoms with Crippen LogP contribution in [0.4, 0.5) is 5.69 Å². The van der Waals surface area contributed by atoms with E-state index in [1.54, 1.807) is 0 Å². The predicted molar refractivity (Wildman–Crippen MR) is 77.9 cm³/mol. The third kappa shape index (κ3) is 3.16. The second-order valence-electron chi connectivity index (χ2n) is 4.62. The number of benzene rings is 1. The Hall–Kier alpha value is -1.70. The zero-order valence-electron chi connectivity index (χ0n) is 11.3. The maximum Gasteiger partial charge on any atom is 0.0415 e. The van der Waals surface area contributed by atoms with Crippen molar-refractivity contribution in [3.63, 3.8) is 0 Å². The van der Waals surface area contributed by atoms with Crippen molar-refractivity contribution in [2.24, 2.45) is 0 Å². The van der Waals surface area contributed by atoms with Crippen molar-refractivity contribution in [3.8, 4) is 0 Å². The molecule has 0 amide bonds. The normalized spacial score (nSPS) is 10.6. The topological polar surface area (TPSA) is 17.0 Å². The summed E-state index contributed by atoms with van der Waals surface area (Å²) in [6, 6.07) is 10.7. The van der Waals surface area contributed by atoms with E-state index in [1.807, 2.05) is 0 Å². The molecule has 0 saturated heterocycles. The number of anilines is 1. The molecule has 1 N–H and O–H groups in total. The Kier molecular flexibility index (Phi) is 4.46. The molecule has 1 aromatic heterocycles. The maximum absolute atomic E-state index is 3.52.